The van der Waals surface area contributed by atoms with Gasteiger partial charge in [0.15, 0.2) is 0 Å². The fourth-order valence-corrected chi connectivity index (χ4v) is 4.11. The Morgan fingerprint density at radius 1 is 1.25 bits per heavy atom. The molecule has 2 N–H and O–H groups in total. The molecule has 1 aliphatic rings. The molecule has 0 bridgehead atoms. The van der Waals surface area contributed by atoms with E-state index in [1.54, 1.807) is 25.2 Å². The molecule has 20 heavy (non-hydrogen) atoms. The monoisotopic (exact) mass is 296 g/mol. The van der Waals surface area contributed by atoms with E-state index in [1.807, 2.05) is 6.07 Å². The molecule has 0 unspecified atom stereocenters. The quantitative estimate of drug-likeness (QED) is 0.850. The summed E-state index contributed by atoms with van der Waals surface area (Å²) in [6, 6.07) is 7.09. The first kappa shape index (κ1) is 15.3. The van der Waals surface area contributed by atoms with Crippen LogP contribution in [0.1, 0.15) is 37.7 Å². The zero-order chi connectivity index (χ0) is 14.6. The van der Waals surface area contributed by atoms with Crippen LogP contribution >= 0.6 is 0 Å². The second-order valence-corrected chi connectivity index (χ2v) is 7.86. The zero-order valence-electron chi connectivity index (χ0n) is 12.1. The van der Waals surface area contributed by atoms with E-state index >= 15 is 0 Å². The van der Waals surface area contributed by atoms with Crippen LogP contribution in [0.25, 0.3) is 0 Å². The Hall–Kier alpha value is -1.07. The van der Waals surface area contributed by atoms with Gasteiger partial charge in [0.25, 0.3) is 0 Å². The average Bonchev–Trinajstić information content (AvgIpc) is 2.39. The summed E-state index contributed by atoms with van der Waals surface area (Å²) in [5, 5.41) is 0. The number of rotatable bonds is 5. The van der Waals surface area contributed by atoms with Crippen molar-refractivity contribution in [1.29, 1.82) is 0 Å². The third kappa shape index (κ3) is 4.21. The van der Waals surface area contributed by atoms with Crippen LogP contribution in [0.5, 0.6) is 0 Å². The third-order valence-corrected chi connectivity index (χ3v) is 5.81. The Balaban J connectivity index is 1.98. The van der Waals surface area contributed by atoms with E-state index in [0.717, 1.165) is 18.4 Å². The molecule has 5 heteroatoms. The lowest BCUT2D eigenvalue weighted by Crippen LogP contribution is -2.33. The van der Waals surface area contributed by atoms with Crippen molar-refractivity contribution in [2.24, 2.45) is 5.92 Å². The van der Waals surface area contributed by atoms with Crippen molar-refractivity contribution < 1.29 is 8.42 Å². The van der Waals surface area contributed by atoms with Gasteiger partial charge in [-0.1, -0.05) is 31.4 Å². The van der Waals surface area contributed by atoms with Gasteiger partial charge in [-0.25, -0.2) is 12.7 Å². The van der Waals surface area contributed by atoms with Crippen molar-refractivity contribution in [2.75, 3.05) is 19.3 Å². The van der Waals surface area contributed by atoms with Gasteiger partial charge in [0, 0.05) is 19.3 Å². The van der Waals surface area contributed by atoms with Crippen LogP contribution < -0.4 is 5.73 Å². The molecular weight excluding hydrogens is 272 g/mol. The van der Waals surface area contributed by atoms with Crippen molar-refractivity contribution in [3.63, 3.8) is 0 Å². The van der Waals surface area contributed by atoms with Crippen LogP contribution in [-0.4, -0.2) is 26.3 Å². The van der Waals surface area contributed by atoms with Crippen LogP contribution in [-0.2, 0) is 15.8 Å². The van der Waals surface area contributed by atoms with Crippen LogP contribution in [0.3, 0.4) is 0 Å². The molecule has 1 aromatic rings. The van der Waals surface area contributed by atoms with Crippen molar-refractivity contribution >= 4 is 15.7 Å². The largest absolute Gasteiger partial charge is 0.399 e. The Labute approximate surface area is 122 Å². The molecule has 1 aromatic carbocycles. The van der Waals surface area contributed by atoms with Gasteiger partial charge in [0.2, 0.25) is 10.0 Å². The van der Waals surface area contributed by atoms with Crippen LogP contribution in [0.15, 0.2) is 24.3 Å². The first-order chi connectivity index (χ1) is 9.47. The molecule has 0 spiro atoms. The highest BCUT2D eigenvalue weighted by molar-refractivity contribution is 7.88. The van der Waals surface area contributed by atoms with E-state index in [9.17, 15) is 8.42 Å². The average molecular weight is 296 g/mol. The Morgan fingerprint density at radius 2 is 1.95 bits per heavy atom. The Kier molecular flexibility index (Phi) is 5.05. The normalized spacial score (nSPS) is 17.5. The summed E-state index contributed by atoms with van der Waals surface area (Å²) in [7, 11) is -1.56. The molecule has 4 nitrogen and oxygen atoms in total. The fourth-order valence-electron chi connectivity index (χ4n) is 2.85. The number of hydrogen-bond acceptors (Lipinski definition) is 3. The zero-order valence-corrected chi connectivity index (χ0v) is 12.9. The highest BCUT2D eigenvalue weighted by atomic mass is 32.2. The van der Waals surface area contributed by atoms with Crippen LogP contribution in [0.4, 0.5) is 5.69 Å². The number of sulfonamides is 1. The second-order valence-electron chi connectivity index (χ2n) is 5.79. The highest BCUT2D eigenvalue weighted by Crippen LogP contribution is 2.25. The summed E-state index contributed by atoms with van der Waals surface area (Å²) in [6.45, 7) is 0.644. The number of nitrogens with two attached hydrogens (primary N) is 1. The molecule has 1 aliphatic carbocycles. The Morgan fingerprint density at radius 3 is 2.60 bits per heavy atom. The molecule has 0 aliphatic heterocycles. The number of nitrogens with zero attached hydrogens (tertiary/aromatic N) is 1. The maximum atomic E-state index is 12.4. The highest BCUT2D eigenvalue weighted by Gasteiger charge is 2.23. The van der Waals surface area contributed by atoms with E-state index in [4.69, 9.17) is 5.73 Å². The lowest BCUT2D eigenvalue weighted by Gasteiger charge is -2.26. The van der Waals surface area contributed by atoms with E-state index in [1.165, 1.54) is 23.6 Å². The van der Waals surface area contributed by atoms with E-state index < -0.39 is 10.0 Å². The summed E-state index contributed by atoms with van der Waals surface area (Å²) >= 11 is 0. The van der Waals surface area contributed by atoms with Crippen molar-refractivity contribution in [3.8, 4) is 0 Å². The smallest absolute Gasteiger partial charge is 0.218 e. The topological polar surface area (TPSA) is 63.4 Å². The number of anilines is 1. The lowest BCUT2D eigenvalue weighted by atomic mass is 9.89. The molecule has 2 rings (SSSR count). The van der Waals surface area contributed by atoms with Gasteiger partial charge in [0.05, 0.1) is 5.75 Å². The fraction of sp³-hybridized carbons (Fsp3) is 0.600. The lowest BCUT2D eigenvalue weighted by molar-refractivity contribution is 0.300. The number of benzene rings is 1. The van der Waals surface area contributed by atoms with E-state index in [0.29, 0.717) is 18.2 Å². The van der Waals surface area contributed by atoms with E-state index in [2.05, 4.69) is 0 Å². The predicted molar refractivity (Wildman–Crippen MR) is 82.7 cm³/mol. The second kappa shape index (κ2) is 6.59. The van der Waals surface area contributed by atoms with Crippen LogP contribution in [0.2, 0.25) is 0 Å². The molecule has 112 valence electrons. The molecule has 1 fully saturated rings. The molecule has 0 aromatic heterocycles. The van der Waals surface area contributed by atoms with Gasteiger partial charge in [-0.3, -0.25) is 0 Å². The third-order valence-electron chi connectivity index (χ3n) is 4.02. The number of nitrogen functional groups attached to an aromatic ring is 1. The Bertz CT molecular complexity index is 537. The SMILES string of the molecule is CN(CC1CCCCC1)S(=O)(=O)Cc1cccc(N)c1. The van der Waals surface area contributed by atoms with Crippen molar-refractivity contribution in [2.45, 2.75) is 37.9 Å². The summed E-state index contributed by atoms with van der Waals surface area (Å²) in [4.78, 5) is 0. The number of hydrogen-bond donors (Lipinski definition) is 1. The van der Waals surface area contributed by atoms with Gasteiger partial charge in [0.1, 0.15) is 0 Å². The minimum absolute atomic E-state index is 0.0290. The predicted octanol–water partition coefficient (Wildman–Crippen LogP) is 2.61. The van der Waals surface area contributed by atoms with Gasteiger partial charge >= 0.3 is 0 Å². The molecule has 0 saturated heterocycles. The summed E-state index contributed by atoms with van der Waals surface area (Å²) in [5.74, 6) is 0.547. The summed E-state index contributed by atoms with van der Waals surface area (Å²) in [6.07, 6.45) is 6.05. The summed E-state index contributed by atoms with van der Waals surface area (Å²) < 4.78 is 26.3. The summed E-state index contributed by atoms with van der Waals surface area (Å²) in [5.41, 5.74) is 7.05. The first-order valence-electron chi connectivity index (χ1n) is 7.26. The minimum Gasteiger partial charge on any atom is -0.399 e. The van der Waals surface area contributed by atoms with Gasteiger partial charge < -0.3 is 5.73 Å². The molecule has 0 radical (unpaired) electrons. The standard InChI is InChI=1S/C15H24N2O2S/c1-17(11-13-6-3-2-4-7-13)20(18,19)12-14-8-5-9-15(16)10-14/h5,8-10,13H,2-4,6-7,11-12,16H2,1H3. The molecule has 0 atom stereocenters. The van der Waals surface area contributed by atoms with Crippen molar-refractivity contribution in [1.82, 2.24) is 4.31 Å². The molecule has 0 heterocycles. The molecule has 1 saturated carbocycles. The van der Waals surface area contributed by atoms with Crippen molar-refractivity contribution in [3.05, 3.63) is 29.8 Å². The van der Waals surface area contributed by atoms with Gasteiger partial charge in [-0.05, 0) is 36.5 Å². The molecule has 0 amide bonds. The van der Waals surface area contributed by atoms with E-state index in [-0.39, 0.29) is 5.75 Å². The first-order valence-corrected chi connectivity index (χ1v) is 8.87. The minimum atomic E-state index is -3.25. The maximum Gasteiger partial charge on any atom is 0.218 e. The molecular formula is C15H24N2O2S. The van der Waals surface area contributed by atoms with Crippen LogP contribution in [0, 0.1) is 5.92 Å². The maximum absolute atomic E-state index is 12.4. The van der Waals surface area contributed by atoms with Gasteiger partial charge in [-0.15, -0.1) is 0 Å². The van der Waals surface area contributed by atoms with Gasteiger partial charge in [-0.2, -0.15) is 0 Å².